The number of tetrazole rings is 1. The van der Waals surface area contributed by atoms with Crippen molar-refractivity contribution in [1.82, 2.24) is 20.2 Å². The molecule has 0 aliphatic rings. The normalized spacial score (nSPS) is 12.2. The number of hydrogen-bond donors (Lipinski definition) is 0. The number of ether oxygens (including phenoxy) is 1. The van der Waals surface area contributed by atoms with Gasteiger partial charge in [-0.2, -0.15) is 4.80 Å². The van der Waals surface area contributed by atoms with Gasteiger partial charge in [0.25, 0.3) is 0 Å². The lowest BCUT2D eigenvalue weighted by Gasteiger charge is -2.09. The number of hydrogen-bond acceptors (Lipinski definition) is 5. The van der Waals surface area contributed by atoms with Crippen molar-refractivity contribution in [2.24, 2.45) is 0 Å². The first kappa shape index (κ1) is 13.2. The molecule has 0 amide bonds. The van der Waals surface area contributed by atoms with Crippen LogP contribution in [-0.4, -0.2) is 32.3 Å². The molecule has 0 N–H and O–H groups in total. The average molecular weight is 260 g/mol. The van der Waals surface area contributed by atoms with E-state index in [4.69, 9.17) is 4.74 Å². The lowest BCUT2D eigenvalue weighted by Crippen LogP contribution is -2.20. The Morgan fingerprint density at radius 1 is 1.37 bits per heavy atom. The second-order valence-electron chi connectivity index (χ2n) is 4.45. The topological polar surface area (TPSA) is 69.9 Å². The largest absolute Gasteiger partial charge is 0.461 e. The fourth-order valence-electron chi connectivity index (χ4n) is 1.69. The van der Waals surface area contributed by atoms with Crippen LogP contribution in [0, 0.1) is 6.92 Å². The lowest BCUT2D eigenvalue weighted by molar-refractivity contribution is -0.146. The fraction of sp³-hybridized carbons (Fsp3) is 0.385. The average Bonchev–Trinajstić information content (AvgIpc) is 2.77. The summed E-state index contributed by atoms with van der Waals surface area (Å²) >= 11 is 0. The van der Waals surface area contributed by atoms with Gasteiger partial charge in [-0.15, -0.1) is 10.2 Å². The van der Waals surface area contributed by atoms with E-state index in [1.165, 1.54) is 17.3 Å². The van der Waals surface area contributed by atoms with Crippen LogP contribution < -0.4 is 0 Å². The molecule has 19 heavy (non-hydrogen) atoms. The molecule has 1 heterocycles. The molecule has 0 saturated carbocycles. The predicted molar refractivity (Wildman–Crippen MR) is 69.2 cm³/mol. The standard InChI is InChI=1S/C13H16N4O2/c1-9-4-6-12(7-5-9)13-14-16-17(15-13)8-10(2)19-11(3)18/h4-7,10H,8H2,1-3H3/t10-/m0/s1. The van der Waals surface area contributed by atoms with Crippen LogP contribution in [0.15, 0.2) is 24.3 Å². The third-order valence-corrected chi connectivity index (χ3v) is 2.55. The molecule has 0 bridgehead atoms. The Morgan fingerprint density at radius 3 is 2.68 bits per heavy atom. The summed E-state index contributed by atoms with van der Waals surface area (Å²) in [6, 6.07) is 7.90. The van der Waals surface area contributed by atoms with Gasteiger partial charge in [0.1, 0.15) is 6.10 Å². The maximum absolute atomic E-state index is 10.8. The SMILES string of the molecule is CC(=O)O[C@@H](C)Cn1nnc(-c2ccc(C)cc2)n1. The molecule has 100 valence electrons. The molecule has 1 atom stereocenters. The summed E-state index contributed by atoms with van der Waals surface area (Å²) in [6.07, 6.45) is -0.280. The highest BCUT2D eigenvalue weighted by Crippen LogP contribution is 2.14. The molecule has 0 aliphatic heterocycles. The molecule has 6 nitrogen and oxygen atoms in total. The van der Waals surface area contributed by atoms with Gasteiger partial charge in [-0.1, -0.05) is 29.8 Å². The molecule has 0 saturated heterocycles. The van der Waals surface area contributed by atoms with E-state index in [1.807, 2.05) is 31.2 Å². The van der Waals surface area contributed by atoms with Gasteiger partial charge in [0, 0.05) is 12.5 Å². The zero-order valence-electron chi connectivity index (χ0n) is 11.2. The van der Waals surface area contributed by atoms with Crippen LogP contribution in [0.2, 0.25) is 0 Å². The van der Waals surface area contributed by atoms with Gasteiger partial charge in [0.15, 0.2) is 0 Å². The van der Waals surface area contributed by atoms with E-state index in [9.17, 15) is 4.79 Å². The molecule has 0 fully saturated rings. The van der Waals surface area contributed by atoms with Crippen LogP contribution in [-0.2, 0) is 16.1 Å². The third kappa shape index (κ3) is 3.61. The summed E-state index contributed by atoms with van der Waals surface area (Å²) in [7, 11) is 0. The van der Waals surface area contributed by atoms with Gasteiger partial charge < -0.3 is 4.74 Å². The lowest BCUT2D eigenvalue weighted by atomic mass is 10.1. The maximum atomic E-state index is 10.8. The van der Waals surface area contributed by atoms with Crippen LogP contribution in [0.3, 0.4) is 0 Å². The molecule has 1 aromatic carbocycles. The van der Waals surface area contributed by atoms with Gasteiger partial charge in [-0.05, 0) is 19.1 Å². The van der Waals surface area contributed by atoms with Gasteiger partial charge in [-0.3, -0.25) is 4.79 Å². The number of benzene rings is 1. The van der Waals surface area contributed by atoms with Gasteiger partial charge in [-0.25, -0.2) is 0 Å². The Morgan fingerprint density at radius 2 is 2.05 bits per heavy atom. The van der Waals surface area contributed by atoms with Crippen molar-refractivity contribution < 1.29 is 9.53 Å². The highest BCUT2D eigenvalue weighted by Gasteiger charge is 2.10. The predicted octanol–water partition coefficient (Wildman–Crippen LogP) is 1.60. The number of rotatable bonds is 4. The zero-order chi connectivity index (χ0) is 13.8. The smallest absolute Gasteiger partial charge is 0.302 e. The van der Waals surface area contributed by atoms with Crippen LogP contribution >= 0.6 is 0 Å². The van der Waals surface area contributed by atoms with Crippen LogP contribution in [0.25, 0.3) is 11.4 Å². The molecular weight excluding hydrogens is 244 g/mol. The van der Waals surface area contributed by atoms with Crippen molar-refractivity contribution in [2.45, 2.75) is 33.4 Å². The number of aromatic nitrogens is 4. The van der Waals surface area contributed by atoms with Crippen LogP contribution in [0.5, 0.6) is 0 Å². The summed E-state index contributed by atoms with van der Waals surface area (Å²) in [5, 5.41) is 12.2. The molecule has 0 aliphatic carbocycles. The molecule has 2 aromatic rings. The first-order chi connectivity index (χ1) is 9.04. The van der Waals surface area contributed by atoms with Crippen molar-refractivity contribution in [3.63, 3.8) is 0 Å². The summed E-state index contributed by atoms with van der Waals surface area (Å²) in [6.45, 7) is 5.58. The Bertz CT molecular complexity index is 562. The number of nitrogens with zero attached hydrogens (tertiary/aromatic N) is 4. The van der Waals surface area contributed by atoms with Crippen molar-refractivity contribution in [2.75, 3.05) is 0 Å². The maximum Gasteiger partial charge on any atom is 0.302 e. The van der Waals surface area contributed by atoms with E-state index in [2.05, 4.69) is 15.4 Å². The fourth-order valence-corrected chi connectivity index (χ4v) is 1.69. The highest BCUT2D eigenvalue weighted by molar-refractivity contribution is 5.66. The number of carbonyl (C=O) groups is 1. The minimum Gasteiger partial charge on any atom is -0.461 e. The zero-order valence-corrected chi connectivity index (χ0v) is 11.2. The molecule has 0 spiro atoms. The monoisotopic (exact) mass is 260 g/mol. The molecule has 1 aromatic heterocycles. The van der Waals surface area contributed by atoms with E-state index >= 15 is 0 Å². The van der Waals surface area contributed by atoms with Crippen molar-refractivity contribution in [3.05, 3.63) is 29.8 Å². The summed E-state index contributed by atoms with van der Waals surface area (Å²) < 4.78 is 5.02. The number of carbonyl (C=O) groups excluding carboxylic acids is 1. The first-order valence-corrected chi connectivity index (χ1v) is 6.06. The minimum absolute atomic E-state index is 0.280. The van der Waals surface area contributed by atoms with Crippen molar-refractivity contribution in [3.8, 4) is 11.4 Å². The van der Waals surface area contributed by atoms with E-state index in [-0.39, 0.29) is 12.1 Å². The Labute approximate surface area is 111 Å². The summed E-state index contributed by atoms with van der Waals surface area (Å²) in [5.41, 5.74) is 2.09. The highest BCUT2D eigenvalue weighted by atomic mass is 16.5. The van der Waals surface area contributed by atoms with Crippen molar-refractivity contribution >= 4 is 5.97 Å². The number of aryl methyl sites for hydroxylation is 1. The molecule has 0 radical (unpaired) electrons. The quantitative estimate of drug-likeness (QED) is 0.781. The van der Waals surface area contributed by atoms with E-state index in [1.54, 1.807) is 6.92 Å². The van der Waals surface area contributed by atoms with Crippen LogP contribution in [0.1, 0.15) is 19.4 Å². The Hall–Kier alpha value is -2.24. The second-order valence-corrected chi connectivity index (χ2v) is 4.45. The summed E-state index contributed by atoms with van der Waals surface area (Å²) in [5.74, 6) is 0.251. The van der Waals surface area contributed by atoms with Crippen LogP contribution in [0.4, 0.5) is 0 Å². The van der Waals surface area contributed by atoms with E-state index < -0.39 is 0 Å². The molecule has 0 unspecified atom stereocenters. The minimum atomic E-state index is -0.314. The van der Waals surface area contributed by atoms with E-state index in [0.717, 1.165) is 5.56 Å². The molecule has 6 heteroatoms. The van der Waals surface area contributed by atoms with Gasteiger partial charge in [0.05, 0.1) is 6.54 Å². The van der Waals surface area contributed by atoms with Crippen molar-refractivity contribution in [1.29, 1.82) is 0 Å². The second kappa shape index (κ2) is 5.60. The van der Waals surface area contributed by atoms with Gasteiger partial charge >= 0.3 is 5.97 Å². The molecular formula is C13H16N4O2. The Kier molecular flexibility index (Phi) is 3.89. The number of esters is 1. The first-order valence-electron chi connectivity index (χ1n) is 6.06. The third-order valence-electron chi connectivity index (χ3n) is 2.55. The van der Waals surface area contributed by atoms with Gasteiger partial charge in [0.2, 0.25) is 5.82 Å². The summed E-state index contributed by atoms with van der Waals surface area (Å²) in [4.78, 5) is 12.2. The Balaban J connectivity index is 2.06. The molecule has 2 rings (SSSR count). The van der Waals surface area contributed by atoms with E-state index in [0.29, 0.717) is 12.4 Å².